The van der Waals surface area contributed by atoms with Gasteiger partial charge in [0.25, 0.3) is 0 Å². The van der Waals surface area contributed by atoms with E-state index in [1.165, 1.54) is 0 Å². The third-order valence-electron chi connectivity index (χ3n) is 2.11. The highest BCUT2D eigenvalue weighted by Crippen LogP contribution is 2.32. The molecule has 2 heteroatoms. The first-order valence-electron chi connectivity index (χ1n) is 3.95. The van der Waals surface area contributed by atoms with Crippen LogP contribution in [0.1, 0.15) is 11.1 Å². The Morgan fingerprint density at radius 1 is 1.15 bits per heavy atom. The molecule has 64 valence electrons. The molecule has 0 aromatic heterocycles. The van der Waals surface area contributed by atoms with Gasteiger partial charge in [0.2, 0.25) is 0 Å². The second-order valence-corrected chi connectivity index (χ2v) is 3.34. The Hall–Kier alpha value is -1.34. The maximum atomic E-state index is 7.60. The van der Waals surface area contributed by atoms with E-state index >= 15 is 0 Å². The van der Waals surface area contributed by atoms with Crippen molar-refractivity contribution in [3.05, 3.63) is 48.0 Å². The number of halogens is 1. The van der Waals surface area contributed by atoms with Gasteiger partial charge in [-0.15, -0.1) is 0 Å². The predicted molar refractivity (Wildman–Crippen MR) is 57.0 cm³/mol. The molecule has 0 spiro atoms. The smallest absolute Gasteiger partial charge is 0.0627 e. The van der Waals surface area contributed by atoms with Gasteiger partial charge in [-0.2, -0.15) is 0 Å². The van der Waals surface area contributed by atoms with Crippen molar-refractivity contribution >= 4 is 27.9 Å². The van der Waals surface area contributed by atoms with Crippen LogP contribution in [0.25, 0.3) is 10.6 Å². The average Bonchev–Trinajstić information content (AvgIpc) is 2.15. The van der Waals surface area contributed by atoms with E-state index in [9.17, 15) is 0 Å². The zero-order valence-corrected chi connectivity index (χ0v) is 7.73. The lowest BCUT2D eigenvalue weighted by atomic mass is 9.92. The summed E-state index contributed by atoms with van der Waals surface area (Å²) in [4.78, 5) is 0. The minimum absolute atomic E-state index is 0.392. The second kappa shape index (κ2) is 2.86. The van der Waals surface area contributed by atoms with E-state index < -0.39 is 0 Å². The standard InChI is InChI=1S/C11H8ClN/c1-7-8-4-2-3-5-9(8)10(12)6-11(7)13/h2-6,13H,1H2. The number of benzene rings is 1. The molecule has 0 radical (unpaired) electrons. The maximum absolute atomic E-state index is 7.60. The monoisotopic (exact) mass is 189 g/mol. The van der Waals surface area contributed by atoms with Crippen LogP contribution in [0.3, 0.4) is 0 Å². The number of nitrogens with one attached hydrogen (secondary N) is 1. The molecule has 0 saturated heterocycles. The van der Waals surface area contributed by atoms with Crippen molar-refractivity contribution in [3.8, 4) is 0 Å². The molecule has 0 heterocycles. The lowest BCUT2D eigenvalue weighted by Gasteiger charge is -2.15. The summed E-state index contributed by atoms with van der Waals surface area (Å²) >= 11 is 5.99. The molecule has 0 fully saturated rings. The van der Waals surface area contributed by atoms with Crippen LogP contribution in [0.2, 0.25) is 0 Å². The van der Waals surface area contributed by atoms with Crippen molar-refractivity contribution in [1.82, 2.24) is 0 Å². The molecule has 0 aliphatic heterocycles. The van der Waals surface area contributed by atoms with Gasteiger partial charge in [0.1, 0.15) is 0 Å². The number of allylic oxidation sites excluding steroid dienone is 2. The van der Waals surface area contributed by atoms with Crippen LogP contribution in [0.4, 0.5) is 0 Å². The van der Waals surface area contributed by atoms with Crippen molar-refractivity contribution < 1.29 is 0 Å². The molecule has 0 saturated carbocycles. The Morgan fingerprint density at radius 3 is 2.46 bits per heavy atom. The van der Waals surface area contributed by atoms with Crippen LogP contribution in [-0.2, 0) is 0 Å². The molecule has 1 aromatic rings. The maximum Gasteiger partial charge on any atom is 0.0627 e. The van der Waals surface area contributed by atoms with E-state index in [-0.39, 0.29) is 0 Å². The molecular formula is C11H8ClN. The molecule has 1 aromatic carbocycles. The van der Waals surface area contributed by atoms with Crippen molar-refractivity contribution in [1.29, 1.82) is 5.41 Å². The van der Waals surface area contributed by atoms with Crippen molar-refractivity contribution in [3.63, 3.8) is 0 Å². The molecule has 0 amide bonds. The van der Waals surface area contributed by atoms with Crippen LogP contribution in [0.5, 0.6) is 0 Å². The van der Waals surface area contributed by atoms with Gasteiger partial charge in [-0.3, -0.25) is 0 Å². The Bertz CT molecular complexity index is 429. The van der Waals surface area contributed by atoms with Crippen molar-refractivity contribution in [2.24, 2.45) is 0 Å². The van der Waals surface area contributed by atoms with Crippen LogP contribution < -0.4 is 0 Å². The molecular weight excluding hydrogens is 182 g/mol. The quantitative estimate of drug-likeness (QED) is 0.648. The summed E-state index contributed by atoms with van der Waals surface area (Å²) in [6, 6.07) is 7.72. The number of rotatable bonds is 0. The van der Waals surface area contributed by atoms with Gasteiger partial charge in [0, 0.05) is 11.1 Å². The van der Waals surface area contributed by atoms with Crippen LogP contribution in [-0.4, -0.2) is 5.71 Å². The summed E-state index contributed by atoms with van der Waals surface area (Å²) < 4.78 is 0. The number of hydrogen-bond donors (Lipinski definition) is 1. The van der Waals surface area contributed by atoms with E-state index in [4.69, 9.17) is 17.0 Å². The first kappa shape index (κ1) is 8.27. The molecule has 1 N–H and O–H groups in total. The van der Waals surface area contributed by atoms with Crippen molar-refractivity contribution in [2.45, 2.75) is 0 Å². The summed E-state index contributed by atoms with van der Waals surface area (Å²) in [5.41, 5.74) is 3.05. The third kappa shape index (κ3) is 1.21. The highest BCUT2D eigenvalue weighted by atomic mass is 35.5. The minimum atomic E-state index is 0.392. The lowest BCUT2D eigenvalue weighted by molar-refractivity contribution is 1.50. The Labute approximate surface area is 81.9 Å². The average molecular weight is 190 g/mol. The third-order valence-corrected chi connectivity index (χ3v) is 2.42. The molecule has 2 rings (SSSR count). The summed E-state index contributed by atoms with van der Waals surface area (Å²) in [6.07, 6.45) is 1.63. The summed E-state index contributed by atoms with van der Waals surface area (Å²) in [6.45, 7) is 3.84. The number of hydrogen-bond acceptors (Lipinski definition) is 1. The van der Waals surface area contributed by atoms with E-state index in [2.05, 4.69) is 6.58 Å². The van der Waals surface area contributed by atoms with Crippen LogP contribution in [0, 0.1) is 5.41 Å². The van der Waals surface area contributed by atoms with Crippen LogP contribution in [0.15, 0.2) is 36.9 Å². The summed E-state index contributed by atoms with van der Waals surface area (Å²) in [7, 11) is 0. The first-order valence-corrected chi connectivity index (χ1v) is 4.33. The summed E-state index contributed by atoms with van der Waals surface area (Å²) in [5.74, 6) is 0. The van der Waals surface area contributed by atoms with E-state index in [1.54, 1.807) is 6.08 Å². The molecule has 1 aliphatic carbocycles. The van der Waals surface area contributed by atoms with E-state index in [0.717, 1.165) is 16.7 Å². The fourth-order valence-electron chi connectivity index (χ4n) is 1.39. The van der Waals surface area contributed by atoms with Gasteiger partial charge in [-0.1, -0.05) is 42.4 Å². The first-order chi connectivity index (χ1) is 6.20. The lowest BCUT2D eigenvalue weighted by Crippen LogP contribution is -2.04. The molecule has 1 aliphatic rings. The summed E-state index contributed by atoms with van der Waals surface area (Å²) in [5, 5.41) is 8.21. The van der Waals surface area contributed by atoms with Gasteiger partial charge in [-0.05, 0) is 11.6 Å². The zero-order valence-electron chi connectivity index (χ0n) is 6.97. The highest BCUT2D eigenvalue weighted by molar-refractivity contribution is 6.54. The molecule has 13 heavy (non-hydrogen) atoms. The topological polar surface area (TPSA) is 23.9 Å². The molecule has 0 bridgehead atoms. The predicted octanol–water partition coefficient (Wildman–Crippen LogP) is 3.31. The Morgan fingerprint density at radius 2 is 1.77 bits per heavy atom. The van der Waals surface area contributed by atoms with Gasteiger partial charge in [-0.25, -0.2) is 0 Å². The molecule has 1 nitrogen and oxygen atoms in total. The second-order valence-electron chi connectivity index (χ2n) is 2.93. The molecule has 0 atom stereocenters. The Balaban J connectivity index is 2.72. The minimum Gasteiger partial charge on any atom is -0.300 e. The largest absolute Gasteiger partial charge is 0.300 e. The fraction of sp³-hybridized carbons (Fsp3) is 0. The highest BCUT2D eigenvalue weighted by Gasteiger charge is 2.16. The number of fused-ring (bicyclic) bond motifs is 1. The SMILES string of the molecule is C=C1C(=N)C=C(Cl)c2ccccc21. The zero-order chi connectivity index (χ0) is 9.42. The van der Waals surface area contributed by atoms with E-state index in [1.807, 2.05) is 24.3 Å². The van der Waals surface area contributed by atoms with Crippen LogP contribution >= 0.6 is 11.6 Å². The Kier molecular flexibility index (Phi) is 1.82. The van der Waals surface area contributed by atoms with Crippen molar-refractivity contribution in [2.75, 3.05) is 0 Å². The van der Waals surface area contributed by atoms with Gasteiger partial charge in [0.15, 0.2) is 0 Å². The fourth-order valence-corrected chi connectivity index (χ4v) is 1.67. The van der Waals surface area contributed by atoms with Gasteiger partial charge < -0.3 is 5.41 Å². The van der Waals surface area contributed by atoms with Gasteiger partial charge >= 0.3 is 0 Å². The van der Waals surface area contributed by atoms with Gasteiger partial charge in [0.05, 0.1) is 10.7 Å². The normalized spacial score (nSPS) is 15.3. The van der Waals surface area contributed by atoms with E-state index in [0.29, 0.717) is 10.7 Å². The molecule has 0 unspecified atom stereocenters.